The number of benzene rings is 2. The Labute approximate surface area is 134 Å². The molecule has 0 amide bonds. The van der Waals surface area contributed by atoms with Crippen LogP contribution in [0.25, 0.3) is 33.3 Å². The van der Waals surface area contributed by atoms with Crippen molar-refractivity contribution in [1.29, 1.82) is 0 Å². The summed E-state index contributed by atoms with van der Waals surface area (Å²) in [6, 6.07) is 16.5. The van der Waals surface area contributed by atoms with E-state index in [1.807, 2.05) is 24.4 Å². The Hall–Kier alpha value is -3.14. The molecule has 0 saturated heterocycles. The van der Waals surface area contributed by atoms with E-state index in [1.54, 1.807) is 6.20 Å². The molecule has 0 unspecified atom stereocenters. The molecule has 0 fully saturated rings. The summed E-state index contributed by atoms with van der Waals surface area (Å²) in [4.78, 5) is 12.0. The molecular weight excluding hydrogens is 284 g/mol. The van der Waals surface area contributed by atoms with Crippen LogP contribution < -0.4 is 5.73 Å². The van der Waals surface area contributed by atoms with E-state index in [2.05, 4.69) is 52.2 Å². The van der Waals surface area contributed by atoms with Crippen LogP contribution in [0.5, 0.6) is 0 Å². The lowest BCUT2D eigenvalue weighted by Gasteiger charge is -2.08. The highest BCUT2D eigenvalue weighted by atomic mass is 15.0. The van der Waals surface area contributed by atoms with Gasteiger partial charge in [0.05, 0.1) is 5.69 Å². The monoisotopic (exact) mass is 300 g/mol. The molecule has 0 saturated carbocycles. The number of rotatable bonds is 2. The first-order valence-corrected chi connectivity index (χ1v) is 7.48. The maximum absolute atomic E-state index is 5.85. The van der Waals surface area contributed by atoms with Gasteiger partial charge in [-0.25, -0.2) is 9.97 Å². The molecule has 2 aromatic carbocycles. The Balaban J connectivity index is 1.99. The predicted octanol–water partition coefficient (Wildman–Crippen LogP) is 4.18. The molecule has 0 bridgehead atoms. The topological polar surface area (TPSA) is 67.6 Å². The van der Waals surface area contributed by atoms with Crippen LogP contribution in [-0.4, -0.2) is 15.0 Å². The van der Waals surface area contributed by atoms with Gasteiger partial charge in [-0.3, -0.25) is 0 Å². The zero-order valence-corrected chi connectivity index (χ0v) is 12.7. The van der Waals surface area contributed by atoms with E-state index in [1.165, 1.54) is 5.56 Å². The van der Waals surface area contributed by atoms with E-state index in [0.29, 0.717) is 0 Å². The second-order valence-corrected chi connectivity index (χ2v) is 5.61. The van der Waals surface area contributed by atoms with Crippen molar-refractivity contribution < 1.29 is 0 Å². The van der Waals surface area contributed by atoms with Gasteiger partial charge >= 0.3 is 0 Å². The Kier molecular flexibility index (Phi) is 3.08. The second kappa shape index (κ2) is 5.25. The summed E-state index contributed by atoms with van der Waals surface area (Å²) in [6.45, 7) is 2.08. The van der Waals surface area contributed by atoms with Crippen LogP contribution >= 0.6 is 0 Å². The SMILES string of the molecule is Cc1ccc2c(-c3nc(N)ncc3-c3ccccc3)c[nH]c2c1. The highest BCUT2D eigenvalue weighted by Gasteiger charge is 2.14. The average molecular weight is 300 g/mol. The molecular formula is C19H16N4. The van der Waals surface area contributed by atoms with Gasteiger partial charge in [0.1, 0.15) is 0 Å². The molecule has 0 radical (unpaired) electrons. The molecule has 0 aliphatic carbocycles. The van der Waals surface area contributed by atoms with Crippen molar-refractivity contribution in [2.24, 2.45) is 0 Å². The molecule has 2 aromatic heterocycles. The number of hydrogen-bond acceptors (Lipinski definition) is 3. The summed E-state index contributed by atoms with van der Waals surface area (Å²) in [5, 5.41) is 1.13. The molecule has 23 heavy (non-hydrogen) atoms. The van der Waals surface area contributed by atoms with Gasteiger partial charge in [0.2, 0.25) is 5.95 Å². The first kappa shape index (κ1) is 13.5. The Morgan fingerprint density at radius 3 is 2.65 bits per heavy atom. The highest BCUT2D eigenvalue weighted by Crippen LogP contribution is 2.34. The fraction of sp³-hybridized carbons (Fsp3) is 0.0526. The van der Waals surface area contributed by atoms with Crippen LogP contribution in [0.4, 0.5) is 5.95 Å². The molecule has 0 aliphatic heterocycles. The van der Waals surface area contributed by atoms with Crippen molar-refractivity contribution in [1.82, 2.24) is 15.0 Å². The zero-order chi connectivity index (χ0) is 15.8. The van der Waals surface area contributed by atoms with Crippen LogP contribution in [0.3, 0.4) is 0 Å². The maximum atomic E-state index is 5.85. The highest BCUT2D eigenvalue weighted by molar-refractivity contribution is 5.98. The maximum Gasteiger partial charge on any atom is 0.220 e. The van der Waals surface area contributed by atoms with Crippen LogP contribution in [0.15, 0.2) is 60.9 Å². The number of aromatic amines is 1. The number of aryl methyl sites for hydroxylation is 1. The first-order valence-electron chi connectivity index (χ1n) is 7.48. The standard InChI is InChI=1S/C19H16N4/c1-12-7-8-14-16(11-21-17(14)9-12)18-15(10-22-19(20)23-18)13-5-3-2-4-6-13/h2-11,21H,1H3,(H2,20,22,23). The Morgan fingerprint density at radius 1 is 1.00 bits per heavy atom. The van der Waals surface area contributed by atoms with Crippen LogP contribution in [-0.2, 0) is 0 Å². The van der Waals surface area contributed by atoms with Crippen molar-refractivity contribution in [2.75, 3.05) is 5.73 Å². The van der Waals surface area contributed by atoms with Crippen molar-refractivity contribution in [2.45, 2.75) is 6.92 Å². The van der Waals surface area contributed by atoms with E-state index in [-0.39, 0.29) is 5.95 Å². The Morgan fingerprint density at radius 2 is 1.83 bits per heavy atom. The quantitative estimate of drug-likeness (QED) is 0.583. The van der Waals surface area contributed by atoms with Gasteiger partial charge in [-0.2, -0.15) is 0 Å². The smallest absolute Gasteiger partial charge is 0.220 e. The third kappa shape index (κ3) is 2.34. The summed E-state index contributed by atoms with van der Waals surface area (Å²) in [5.41, 5.74) is 12.1. The zero-order valence-electron chi connectivity index (χ0n) is 12.7. The predicted molar refractivity (Wildman–Crippen MR) is 93.9 cm³/mol. The molecule has 0 atom stereocenters. The summed E-state index contributed by atoms with van der Waals surface area (Å²) < 4.78 is 0. The lowest BCUT2D eigenvalue weighted by Crippen LogP contribution is -1.98. The lowest BCUT2D eigenvalue weighted by atomic mass is 10.00. The van der Waals surface area contributed by atoms with Crippen molar-refractivity contribution in [3.63, 3.8) is 0 Å². The Bertz CT molecular complexity index is 987. The minimum atomic E-state index is 0.279. The van der Waals surface area contributed by atoms with E-state index in [4.69, 9.17) is 5.73 Å². The number of fused-ring (bicyclic) bond motifs is 1. The number of nitrogens with zero attached hydrogens (tertiary/aromatic N) is 2. The number of nitrogen functional groups attached to an aromatic ring is 1. The summed E-state index contributed by atoms with van der Waals surface area (Å²) in [5.74, 6) is 0.279. The minimum absolute atomic E-state index is 0.279. The molecule has 3 N–H and O–H groups in total. The van der Waals surface area contributed by atoms with Gasteiger partial charge in [-0.1, -0.05) is 42.5 Å². The van der Waals surface area contributed by atoms with Crippen molar-refractivity contribution in [3.8, 4) is 22.4 Å². The van der Waals surface area contributed by atoms with Crippen LogP contribution in [0.1, 0.15) is 5.56 Å². The summed E-state index contributed by atoms with van der Waals surface area (Å²) in [6.07, 6.45) is 3.78. The lowest BCUT2D eigenvalue weighted by molar-refractivity contribution is 1.19. The summed E-state index contributed by atoms with van der Waals surface area (Å²) >= 11 is 0. The minimum Gasteiger partial charge on any atom is -0.368 e. The fourth-order valence-electron chi connectivity index (χ4n) is 2.87. The van der Waals surface area contributed by atoms with Crippen molar-refractivity contribution in [3.05, 3.63) is 66.5 Å². The molecule has 2 heterocycles. The normalized spacial score (nSPS) is 11.0. The van der Waals surface area contributed by atoms with Crippen LogP contribution in [0.2, 0.25) is 0 Å². The molecule has 112 valence electrons. The van der Waals surface area contributed by atoms with Crippen molar-refractivity contribution >= 4 is 16.9 Å². The first-order chi connectivity index (χ1) is 11.2. The third-order valence-electron chi connectivity index (χ3n) is 3.98. The number of H-pyrrole nitrogens is 1. The number of anilines is 1. The molecule has 4 nitrogen and oxygen atoms in total. The number of hydrogen-bond donors (Lipinski definition) is 2. The molecule has 4 heteroatoms. The molecule has 4 rings (SSSR count). The number of aromatic nitrogens is 3. The van der Waals surface area contributed by atoms with Gasteiger partial charge < -0.3 is 10.7 Å². The largest absolute Gasteiger partial charge is 0.368 e. The third-order valence-corrected chi connectivity index (χ3v) is 3.98. The van der Waals surface area contributed by atoms with Gasteiger partial charge in [0.25, 0.3) is 0 Å². The molecule has 4 aromatic rings. The molecule has 0 aliphatic rings. The number of nitrogens with one attached hydrogen (secondary N) is 1. The number of nitrogens with two attached hydrogens (primary N) is 1. The van der Waals surface area contributed by atoms with Crippen LogP contribution in [0, 0.1) is 6.92 Å². The van der Waals surface area contributed by atoms with E-state index < -0.39 is 0 Å². The van der Waals surface area contributed by atoms with E-state index >= 15 is 0 Å². The summed E-state index contributed by atoms with van der Waals surface area (Å²) in [7, 11) is 0. The average Bonchev–Trinajstić information content (AvgIpc) is 2.98. The van der Waals surface area contributed by atoms with Gasteiger partial charge in [0.15, 0.2) is 0 Å². The van der Waals surface area contributed by atoms with Gasteiger partial charge in [0, 0.05) is 34.4 Å². The van der Waals surface area contributed by atoms with E-state index in [0.717, 1.165) is 33.3 Å². The molecule has 0 spiro atoms. The van der Waals surface area contributed by atoms with Gasteiger partial charge in [-0.15, -0.1) is 0 Å². The van der Waals surface area contributed by atoms with E-state index in [9.17, 15) is 0 Å². The fourth-order valence-corrected chi connectivity index (χ4v) is 2.87. The second-order valence-electron chi connectivity index (χ2n) is 5.61. The van der Waals surface area contributed by atoms with Gasteiger partial charge in [-0.05, 0) is 24.1 Å².